The maximum absolute atomic E-state index is 4.64. The quantitative estimate of drug-likeness (QED) is 0.476. The fourth-order valence-electron chi connectivity index (χ4n) is 0.0833. The van der Waals surface area contributed by atoms with Gasteiger partial charge in [0.1, 0.15) is 0 Å². The number of rotatable bonds is 2. The lowest BCUT2D eigenvalue weighted by molar-refractivity contribution is -0.138. The van der Waals surface area contributed by atoms with Gasteiger partial charge in [0.05, 0.1) is 0 Å². The normalized spacial score (nSPS) is 12.0. The van der Waals surface area contributed by atoms with E-state index in [-0.39, 0.29) is 0 Å². The Hall–Kier alpha value is -0.0800. The molecule has 2 heteroatoms. The smallest absolute Gasteiger partial charge is 0.167 e. The number of hydrogen-bond donors (Lipinski definition) is 0. The van der Waals surface area contributed by atoms with Gasteiger partial charge in [-0.25, -0.2) is 0 Å². The average Bonchev–Trinajstić information content (AvgIpc) is 1.68. The van der Waals surface area contributed by atoms with Crippen molar-refractivity contribution in [3.8, 4) is 0 Å². The maximum Gasteiger partial charge on any atom is 0.167 e. The second-order valence-electron chi connectivity index (χ2n) is 1.32. The van der Waals surface area contributed by atoms with E-state index in [1.165, 1.54) is 14.2 Å². The van der Waals surface area contributed by atoms with Crippen LogP contribution in [-0.4, -0.2) is 20.0 Å². The predicted molar refractivity (Wildman–Crippen MR) is 27.5 cm³/mol. The van der Waals surface area contributed by atoms with Crippen LogP contribution in [-0.2, 0) is 9.47 Å². The number of ether oxygens (including phenoxy) is 2. The molecule has 0 fully saturated rings. The van der Waals surface area contributed by atoms with Crippen molar-refractivity contribution in [2.45, 2.75) is 5.79 Å². The summed E-state index contributed by atoms with van der Waals surface area (Å²) in [4.78, 5) is 0. The van der Waals surface area contributed by atoms with Gasteiger partial charge in [-0.2, -0.15) is 0 Å². The molecule has 0 spiro atoms. The molecule has 0 saturated heterocycles. The zero-order chi connectivity index (χ0) is 5.91. The summed E-state index contributed by atoms with van der Waals surface area (Å²) in [5.41, 5.74) is 0. The van der Waals surface area contributed by atoms with E-state index in [4.69, 9.17) is 0 Å². The molecule has 0 amide bonds. The minimum atomic E-state index is -0.917. The third-order valence-electron chi connectivity index (χ3n) is 0.744. The van der Waals surface area contributed by atoms with Crippen molar-refractivity contribution in [3.63, 3.8) is 0 Å². The van der Waals surface area contributed by atoms with Crippen LogP contribution in [0.15, 0.2) is 0 Å². The van der Waals surface area contributed by atoms with Gasteiger partial charge in [0.25, 0.3) is 0 Å². The molecule has 0 aromatic heterocycles. The first-order chi connectivity index (χ1) is 3.12. The molecule has 0 aliphatic heterocycles. The Bertz CT molecular complexity index is 44.0. The summed E-state index contributed by atoms with van der Waals surface area (Å²) >= 11 is 0. The van der Waals surface area contributed by atoms with E-state index in [0.29, 0.717) is 0 Å². The van der Waals surface area contributed by atoms with Crippen LogP contribution in [0.1, 0.15) is 0 Å². The molecule has 0 aliphatic rings. The number of hydrogen-bond acceptors (Lipinski definition) is 2. The van der Waals surface area contributed by atoms with Crippen molar-refractivity contribution in [2.75, 3.05) is 14.2 Å². The third-order valence-corrected chi connectivity index (χ3v) is 0.744. The van der Waals surface area contributed by atoms with Crippen LogP contribution in [0, 0.1) is 13.8 Å². The van der Waals surface area contributed by atoms with Gasteiger partial charge < -0.3 is 9.47 Å². The van der Waals surface area contributed by atoms with E-state index in [2.05, 4.69) is 23.3 Å². The third kappa shape index (κ3) is 2.60. The molecule has 0 heterocycles. The zero-order valence-electron chi connectivity index (χ0n) is 4.73. The highest BCUT2D eigenvalue weighted by Crippen LogP contribution is 2.03. The van der Waals surface area contributed by atoms with E-state index >= 15 is 0 Å². The summed E-state index contributed by atoms with van der Waals surface area (Å²) in [5, 5.41) is 0. The Balaban J connectivity index is 3.36. The molecular formula is C5H10O2. The van der Waals surface area contributed by atoms with Crippen LogP contribution in [0.25, 0.3) is 0 Å². The molecule has 2 nitrogen and oxygen atoms in total. The van der Waals surface area contributed by atoms with E-state index in [9.17, 15) is 0 Å². The molecule has 0 aliphatic carbocycles. The van der Waals surface area contributed by atoms with E-state index < -0.39 is 5.79 Å². The number of methoxy groups -OCH3 is 2. The minimum absolute atomic E-state index is 0.917. The zero-order valence-corrected chi connectivity index (χ0v) is 4.73. The first kappa shape index (κ1) is 6.92. The molecule has 7 heavy (non-hydrogen) atoms. The summed E-state index contributed by atoms with van der Waals surface area (Å²) in [7, 11) is 2.98. The van der Waals surface area contributed by atoms with Crippen molar-refractivity contribution >= 4 is 0 Å². The summed E-state index contributed by atoms with van der Waals surface area (Å²) in [6.07, 6.45) is 0. The highest BCUT2D eigenvalue weighted by Gasteiger charge is 2.12. The van der Waals surface area contributed by atoms with Gasteiger partial charge >= 0.3 is 0 Å². The summed E-state index contributed by atoms with van der Waals surface area (Å²) in [6.45, 7) is 6.90. The van der Waals surface area contributed by atoms with Gasteiger partial charge in [-0.15, -0.1) is 0 Å². The highest BCUT2D eigenvalue weighted by atomic mass is 16.7. The fraction of sp³-hybridized carbons (Fsp3) is 0.600. The fourth-order valence-corrected chi connectivity index (χ4v) is 0.0833. The van der Waals surface area contributed by atoms with Crippen molar-refractivity contribution in [1.29, 1.82) is 0 Å². The second-order valence-corrected chi connectivity index (χ2v) is 1.32. The molecule has 0 saturated carbocycles. The van der Waals surface area contributed by atoms with Gasteiger partial charge in [0.2, 0.25) is 0 Å². The van der Waals surface area contributed by atoms with Gasteiger partial charge in [-0.1, -0.05) is 0 Å². The first-order valence-electron chi connectivity index (χ1n) is 1.93. The highest BCUT2D eigenvalue weighted by molar-refractivity contribution is 4.72. The largest absolute Gasteiger partial charge is 0.353 e. The average molecular weight is 102 g/mol. The Morgan fingerprint density at radius 2 is 1.43 bits per heavy atom. The van der Waals surface area contributed by atoms with Crippen LogP contribution < -0.4 is 0 Å². The van der Waals surface area contributed by atoms with Crippen molar-refractivity contribution in [3.05, 3.63) is 13.8 Å². The molecule has 0 unspecified atom stereocenters. The molecule has 0 N–H and O–H groups in total. The van der Waals surface area contributed by atoms with Crippen LogP contribution >= 0.6 is 0 Å². The lowest BCUT2D eigenvalue weighted by Gasteiger charge is -2.19. The Morgan fingerprint density at radius 1 is 1.14 bits per heavy atom. The van der Waals surface area contributed by atoms with Crippen molar-refractivity contribution in [2.24, 2.45) is 0 Å². The Kier molecular flexibility index (Phi) is 2.26. The van der Waals surface area contributed by atoms with Gasteiger partial charge in [-0.3, -0.25) is 0 Å². The van der Waals surface area contributed by atoms with Crippen LogP contribution in [0.2, 0.25) is 0 Å². The van der Waals surface area contributed by atoms with Crippen molar-refractivity contribution < 1.29 is 9.47 Å². The van der Waals surface area contributed by atoms with Gasteiger partial charge in [0, 0.05) is 28.1 Å². The molecule has 2 radical (unpaired) electrons. The maximum atomic E-state index is 4.64. The molecular weight excluding hydrogens is 92.1 g/mol. The first-order valence-corrected chi connectivity index (χ1v) is 1.93. The Morgan fingerprint density at radius 3 is 1.43 bits per heavy atom. The SMILES string of the molecule is [CH2]C([CH2])(OC)OC. The van der Waals surface area contributed by atoms with Gasteiger partial charge in [-0.05, 0) is 0 Å². The summed E-state index contributed by atoms with van der Waals surface area (Å²) in [5.74, 6) is -0.917. The molecule has 0 aromatic carbocycles. The lowest BCUT2D eigenvalue weighted by Crippen LogP contribution is -2.25. The van der Waals surface area contributed by atoms with Crippen molar-refractivity contribution in [1.82, 2.24) is 0 Å². The van der Waals surface area contributed by atoms with Gasteiger partial charge in [0.15, 0.2) is 5.79 Å². The molecule has 42 valence electrons. The molecule has 0 aromatic rings. The van der Waals surface area contributed by atoms with Crippen LogP contribution in [0.4, 0.5) is 0 Å². The van der Waals surface area contributed by atoms with E-state index in [1.54, 1.807) is 0 Å². The second kappa shape index (κ2) is 2.28. The predicted octanol–water partition coefficient (Wildman–Crippen LogP) is 0.644. The monoisotopic (exact) mass is 102 g/mol. The lowest BCUT2D eigenvalue weighted by atomic mass is 10.4. The van der Waals surface area contributed by atoms with Crippen LogP contribution in [0.5, 0.6) is 0 Å². The standard InChI is InChI=1S/C5H10O2/c1-5(2,6-3)7-4/h1-2H2,3-4H3. The minimum Gasteiger partial charge on any atom is -0.353 e. The Labute approximate surface area is 44.4 Å². The van der Waals surface area contributed by atoms with E-state index in [0.717, 1.165) is 0 Å². The molecule has 0 atom stereocenters. The summed E-state index contributed by atoms with van der Waals surface area (Å²) < 4.78 is 9.28. The molecule has 0 rings (SSSR count). The topological polar surface area (TPSA) is 18.5 Å². The van der Waals surface area contributed by atoms with E-state index in [1.807, 2.05) is 0 Å². The summed E-state index contributed by atoms with van der Waals surface area (Å²) in [6, 6.07) is 0. The molecule has 0 bridgehead atoms. The van der Waals surface area contributed by atoms with Crippen LogP contribution in [0.3, 0.4) is 0 Å².